The quantitative estimate of drug-likeness (QED) is 0.455. The van der Waals surface area contributed by atoms with Crippen molar-refractivity contribution in [3.05, 3.63) is 52.1 Å². The Kier molecular flexibility index (Phi) is 6.62. The molecule has 0 aliphatic carbocycles. The monoisotopic (exact) mass is 479 g/mol. The van der Waals surface area contributed by atoms with E-state index in [2.05, 4.69) is 26.2 Å². The fraction of sp³-hybridized carbons (Fsp3) is 0.350. The summed E-state index contributed by atoms with van der Waals surface area (Å²) in [6.07, 6.45) is 2.12. The average molecular weight is 480 g/mol. The first-order chi connectivity index (χ1) is 13.2. The van der Waals surface area contributed by atoms with Crippen molar-refractivity contribution in [2.24, 2.45) is 0 Å². The number of pyridine rings is 1. The van der Waals surface area contributed by atoms with Gasteiger partial charge in [-0.05, 0) is 61.0 Å². The number of alkyl carbamates (subject to hydrolysis) is 1. The fourth-order valence-electron chi connectivity index (χ4n) is 2.68. The van der Waals surface area contributed by atoms with E-state index in [-0.39, 0.29) is 6.04 Å². The van der Waals surface area contributed by atoms with Crippen LogP contribution in [0, 0.1) is 0 Å². The van der Waals surface area contributed by atoms with Gasteiger partial charge < -0.3 is 10.1 Å². The van der Waals surface area contributed by atoms with Gasteiger partial charge in [0.25, 0.3) is 0 Å². The SMILES string of the molecule is CSc1nc2nc([C@H](Cc3ccccc3)NC(=O)OC(C)(C)C)c(Br)cc2s1. The molecule has 3 rings (SSSR count). The number of hydrogen-bond acceptors (Lipinski definition) is 6. The molecule has 5 nitrogen and oxygen atoms in total. The Balaban J connectivity index is 1.96. The number of ether oxygens (including phenoxy) is 1. The zero-order valence-electron chi connectivity index (χ0n) is 16.2. The summed E-state index contributed by atoms with van der Waals surface area (Å²) in [5, 5.41) is 2.98. The molecule has 1 amide bonds. The molecule has 0 saturated heterocycles. The van der Waals surface area contributed by atoms with Crippen LogP contribution >= 0.6 is 39.0 Å². The lowest BCUT2D eigenvalue weighted by Gasteiger charge is -2.24. The number of benzene rings is 1. The van der Waals surface area contributed by atoms with Gasteiger partial charge in [0, 0.05) is 4.47 Å². The number of hydrogen-bond donors (Lipinski definition) is 1. The van der Waals surface area contributed by atoms with Gasteiger partial charge in [0.05, 0.1) is 16.4 Å². The standard InChI is InChI=1S/C20H22BrN3O2S2/c1-20(2,3)26-18(25)22-14(10-12-8-6-5-7-9-12)16-13(21)11-15-17(23-16)24-19(27-4)28-15/h5-9,11,14H,10H2,1-4H3,(H,22,25)/t14-/m0/s1. The van der Waals surface area contributed by atoms with Gasteiger partial charge in [-0.15, -0.1) is 11.3 Å². The van der Waals surface area contributed by atoms with Crippen LogP contribution < -0.4 is 5.32 Å². The van der Waals surface area contributed by atoms with E-state index in [4.69, 9.17) is 9.72 Å². The Morgan fingerprint density at radius 3 is 2.64 bits per heavy atom. The second-order valence-electron chi connectivity index (χ2n) is 7.25. The van der Waals surface area contributed by atoms with Crippen molar-refractivity contribution < 1.29 is 9.53 Å². The second-order valence-corrected chi connectivity index (χ2v) is 10.2. The molecule has 1 atom stereocenters. The van der Waals surface area contributed by atoms with Crippen LogP contribution in [-0.2, 0) is 11.2 Å². The molecule has 0 fully saturated rings. The van der Waals surface area contributed by atoms with Crippen molar-refractivity contribution in [3.63, 3.8) is 0 Å². The molecule has 0 saturated carbocycles. The number of fused-ring (bicyclic) bond motifs is 1. The first-order valence-electron chi connectivity index (χ1n) is 8.79. The van der Waals surface area contributed by atoms with E-state index >= 15 is 0 Å². The number of halogens is 1. The van der Waals surface area contributed by atoms with Gasteiger partial charge in [-0.1, -0.05) is 42.1 Å². The third-order valence-electron chi connectivity index (χ3n) is 3.82. The molecule has 8 heteroatoms. The van der Waals surface area contributed by atoms with Gasteiger partial charge in [0.2, 0.25) is 0 Å². The van der Waals surface area contributed by atoms with Gasteiger partial charge in [-0.2, -0.15) is 0 Å². The second kappa shape index (κ2) is 8.80. The number of rotatable bonds is 5. The smallest absolute Gasteiger partial charge is 0.408 e. The summed E-state index contributed by atoms with van der Waals surface area (Å²) in [6, 6.07) is 11.7. The van der Waals surface area contributed by atoms with Crippen LogP contribution in [0.5, 0.6) is 0 Å². The highest BCUT2D eigenvalue weighted by molar-refractivity contribution is 9.10. The van der Waals surface area contributed by atoms with Crippen LogP contribution in [0.3, 0.4) is 0 Å². The van der Waals surface area contributed by atoms with Crippen molar-refractivity contribution in [3.8, 4) is 0 Å². The molecule has 2 aromatic heterocycles. The summed E-state index contributed by atoms with van der Waals surface area (Å²) in [5.74, 6) is 0. The van der Waals surface area contributed by atoms with Gasteiger partial charge in [-0.25, -0.2) is 14.8 Å². The minimum absolute atomic E-state index is 0.351. The molecular formula is C20H22BrN3O2S2. The lowest BCUT2D eigenvalue weighted by molar-refractivity contribution is 0.0502. The van der Waals surface area contributed by atoms with Crippen LogP contribution in [0.1, 0.15) is 38.1 Å². The number of nitrogens with zero attached hydrogens (tertiary/aromatic N) is 2. The number of amides is 1. The van der Waals surface area contributed by atoms with Gasteiger partial charge in [-0.3, -0.25) is 0 Å². The minimum atomic E-state index is -0.571. The molecule has 0 spiro atoms. The Labute approximate surface area is 181 Å². The van der Waals surface area contributed by atoms with Crippen LogP contribution in [0.4, 0.5) is 4.79 Å². The first kappa shape index (κ1) is 21.1. The lowest BCUT2D eigenvalue weighted by atomic mass is 10.0. The zero-order chi connectivity index (χ0) is 20.3. The predicted octanol–water partition coefficient (Wildman–Crippen LogP) is 5.98. The van der Waals surface area contributed by atoms with Gasteiger partial charge >= 0.3 is 6.09 Å². The zero-order valence-corrected chi connectivity index (χ0v) is 19.4. The van der Waals surface area contributed by atoms with E-state index in [1.165, 1.54) is 0 Å². The van der Waals surface area contributed by atoms with Crippen LogP contribution in [0.25, 0.3) is 10.3 Å². The number of aromatic nitrogens is 2. The molecule has 3 aromatic rings. The number of carbonyl (C=O) groups is 1. The molecule has 1 N–H and O–H groups in total. The maximum Gasteiger partial charge on any atom is 0.408 e. The van der Waals surface area contributed by atoms with E-state index < -0.39 is 11.7 Å². The van der Waals surface area contributed by atoms with Crippen LogP contribution in [0.2, 0.25) is 0 Å². The normalized spacial score (nSPS) is 12.8. The summed E-state index contributed by atoms with van der Waals surface area (Å²) < 4.78 is 8.28. The molecule has 0 aliphatic heterocycles. The summed E-state index contributed by atoms with van der Waals surface area (Å²) in [5.41, 5.74) is 1.95. The number of thiazole rings is 1. The molecule has 0 aliphatic rings. The maximum atomic E-state index is 12.5. The van der Waals surface area contributed by atoms with Crippen molar-refractivity contribution >= 4 is 55.5 Å². The number of carbonyl (C=O) groups excluding carboxylic acids is 1. The van der Waals surface area contributed by atoms with Crippen molar-refractivity contribution in [2.45, 2.75) is 43.2 Å². The Morgan fingerprint density at radius 1 is 1.29 bits per heavy atom. The summed E-state index contributed by atoms with van der Waals surface area (Å²) in [4.78, 5) is 21.8. The maximum absolute atomic E-state index is 12.5. The number of thioether (sulfide) groups is 1. The van der Waals surface area contributed by atoms with Crippen molar-refractivity contribution in [1.82, 2.24) is 15.3 Å². The Bertz CT molecular complexity index is 971. The summed E-state index contributed by atoms with van der Waals surface area (Å²) in [6.45, 7) is 5.54. The molecule has 148 valence electrons. The van der Waals surface area contributed by atoms with Gasteiger partial charge in [0.1, 0.15) is 5.60 Å². The molecule has 0 radical (unpaired) electrons. The predicted molar refractivity (Wildman–Crippen MR) is 119 cm³/mol. The van der Waals surface area contributed by atoms with Crippen LogP contribution in [0.15, 0.2) is 45.2 Å². The van der Waals surface area contributed by atoms with Gasteiger partial charge in [0.15, 0.2) is 9.99 Å². The topological polar surface area (TPSA) is 64.1 Å². The molecule has 0 bridgehead atoms. The minimum Gasteiger partial charge on any atom is -0.444 e. The molecular weight excluding hydrogens is 458 g/mol. The Morgan fingerprint density at radius 2 is 2.00 bits per heavy atom. The molecule has 0 unspecified atom stereocenters. The Hall–Kier alpha value is -1.64. The molecule has 1 aromatic carbocycles. The third kappa shape index (κ3) is 5.46. The van der Waals surface area contributed by atoms with E-state index in [0.29, 0.717) is 12.1 Å². The number of nitrogens with one attached hydrogen (secondary N) is 1. The highest BCUT2D eigenvalue weighted by Gasteiger charge is 2.24. The highest BCUT2D eigenvalue weighted by Crippen LogP contribution is 2.33. The third-order valence-corrected chi connectivity index (χ3v) is 6.43. The molecule has 2 heterocycles. The van der Waals surface area contributed by atoms with E-state index in [1.54, 1.807) is 23.1 Å². The largest absolute Gasteiger partial charge is 0.444 e. The van der Waals surface area contributed by atoms with E-state index in [9.17, 15) is 4.79 Å². The molecule has 28 heavy (non-hydrogen) atoms. The fourth-order valence-corrected chi connectivity index (χ4v) is 4.89. The van der Waals surface area contributed by atoms with Crippen molar-refractivity contribution in [2.75, 3.05) is 6.26 Å². The summed E-state index contributed by atoms with van der Waals surface area (Å²) >= 11 is 6.83. The summed E-state index contributed by atoms with van der Waals surface area (Å²) in [7, 11) is 0. The average Bonchev–Trinajstić information content (AvgIpc) is 3.01. The van der Waals surface area contributed by atoms with E-state index in [1.807, 2.05) is 63.4 Å². The van der Waals surface area contributed by atoms with E-state index in [0.717, 1.165) is 24.8 Å². The lowest BCUT2D eigenvalue weighted by Crippen LogP contribution is -2.36. The van der Waals surface area contributed by atoms with Crippen LogP contribution in [-0.4, -0.2) is 27.9 Å². The highest BCUT2D eigenvalue weighted by atomic mass is 79.9. The van der Waals surface area contributed by atoms with Crippen molar-refractivity contribution in [1.29, 1.82) is 0 Å². The first-order valence-corrected chi connectivity index (χ1v) is 11.6.